The van der Waals surface area contributed by atoms with Gasteiger partial charge < -0.3 is 4.74 Å². The number of nitrogens with one attached hydrogen (secondary N) is 1. The van der Waals surface area contributed by atoms with Crippen LogP contribution in [0.2, 0.25) is 5.02 Å². The highest BCUT2D eigenvalue weighted by Gasteiger charge is 2.46. The second kappa shape index (κ2) is 8.86. The largest absolute Gasteiger partial charge is 0.385 e. The topological polar surface area (TPSA) is 98.5 Å². The number of aromatic nitrogens is 4. The zero-order valence-corrected chi connectivity index (χ0v) is 19.2. The van der Waals surface area contributed by atoms with Crippen LogP contribution in [-0.4, -0.2) is 53.9 Å². The summed E-state index contributed by atoms with van der Waals surface area (Å²) in [5.41, 5.74) is -0.123. The van der Waals surface area contributed by atoms with E-state index >= 15 is 0 Å². The number of hydrogen-bond donors (Lipinski definition) is 1. The fourth-order valence-electron chi connectivity index (χ4n) is 3.24. The van der Waals surface area contributed by atoms with Crippen LogP contribution in [0.1, 0.15) is 36.4 Å². The maximum atomic E-state index is 13.3. The molecule has 0 radical (unpaired) electrons. The molecule has 0 saturated heterocycles. The van der Waals surface area contributed by atoms with E-state index in [0.29, 0.717) is 54.8 Å². The monoisotopic (exact) mass is 509 g/mol. The van der Waals surface area contributed by atoms with Crippen LogP contribution in [0.4, 0.5) is 13.2 Å². The normalized spacial score (nSPS) is 15.7. The van der Waals surface area contributed by atoms with Crippen molar-refractivity contribution in [1.29, 1.82) is 0 Å². The Kier molecular flexibility index (Phi) is 6.47. The Labute approximate surface area is 190 Å². The summed E-state index contributed by atoms with van der Waals surface area (Å²) in [6, 6.07) is 1.27. The standard InChI is InChI=1S/C18H19ClF3N5O3S2/c1-30-6-2-3-12-13-11(19)7-10(32(28,29)26-18(9-20)4-5-18)8-27(13)15(23-12)17-25-24-16(31-17)14(21)22/h7-8,14,26H,2-6,9H2,1H3. The number of fused-ring (bicyclic) bond motifs is 1. The number of sulfonamides is 1. The van der Waals surface area contributed by atoms with Gasteiger partial charge in [0, 0.05) is 19.9 Å². The number of hydrogen-bond acceptors (Lipinski definition) is 7. The van der Waals surface area contributed by atoms with Crippen molar-refractivity contribution in [1.82, 2.24) is 24.3 Å². The summed E-state index contributed by atoms with van der Waals surface area (Å²) in [4.78, 5) is 4.30. The van der Waals surface area contributed by atoms with Crippen LogP contribution in [-0.2, 0) is 21.2 Å². The number of rotatable bonds is 10. The van der Waals surface area contributed by atoms with Crippen LogP contribution in [0.5, 0.6) is 0 Å². The van der Waals surface area contributed by atoms with Crippen LogP contribution < -0.4 is 4.72 Å². The molecular formula is C18H19ClF3N5O3S2. The van der Waals surface area contributed by atoms with Gasteiger partial charge in [0.25, 0.3) is 6.43 Å². The summed E-state index contributed by atoms with van der Waals surface area (Å²) in [5.74, 6) is 0.141. The van der Waals surface area contributed by atoms with Gasteiger partial charge in [-0.25, -0.2) is 31.3 Å². The fourth-order valence-corrected chi connectivity index (χ4v) is 5.77. The van der Waals surface area contributed by atoms with Gasteiger partial charge in [-0.2, -0.15) is 0 Å². The molecule has 1 saturated carbocycles. The van der Waals surface area contributed by atoms with Gasteiger partial charge in [0.15, 0.2) is 15.8 Å². The predicted octanol–water partition coefficient (Wildman–Crippen LogP) is 3.80. The molecule has 174 valence electrons. The van der Waals surface area contributed by atoms with Crippen LogP contribution in [0, 0.1) is 0 Å². The molecule has 14 heteroatoms. The summed E-state index contributed by atoms with van der Waals surface area (Å²) in [6.07, 6.45) is 0.349. The number of imidazole rings is 1. The van der Waals surface area contributed by atoms with E-state index in [9.17, 15) is 21.6 Å². The summed E-state index contributed by atoms with van der Waals surface area (Å²) < 4.78 is 74.0. The van der Waals surface area contributed by atoms with E-state index in [-0.39, 0.29) is 20.8 Å². The highest BCUT2D eigenvalue weighted by molar-refractivity contribution is 7.89. The SMILES string of the molecule is COCCCc1nc(-c2nnc(C(F)F)s2)n2cc(S(=O)(=O)NC3(CF)CC3)cc(Cl)c12. The van der Waals surface area contributed by atoms with Gasteiger partial charge in [-0.3, -0.25) is 4.40 Å². The number of halogens is 4. The highest BCUT2D eigenvalue weighted by Crippen LogP contribution is 2.38. The molecule has 1 aliphatic carbocycles. The summed E-state index contributed by atoms with van der Waals surface area (Å²) in [7, 11) is -2.54. The number of alkyl halides is 3. The van der Waals surface area contributed by atoms with Gasteiger partial charge >= 0.3 is 0 Å². The number of pyridine rings is 1. The van der Waals surface area contributed by atoms with Crippen molar-refractivity contribution in [3.63, 3.8) is 0 Å². The molecule has 32 heavy (non-hydrogen) atoms. The molecule has 0 aliphatic heterocycles. The van der Waals surface area contributed by atoms with E-state index < -0.39 is 33.7 Å². The van der Waals surface area contributed by atoms with Gasteiger partial charge in [-0.05, 0) is 31.7 Å². The lowest BCUT2D eigenvalue weighted by Crippen LogP contribution is -2.38. The van der Waals surface area contributed by atoms with Crippen molar-refractivity contribution >= 4 is 38.5 Å². The Morgan fingerprint density at radius 1 is 1.38 bits per heavy atom. The van der Waals surface area contributed by atoms with Crippen molar-refractivity contribution in [3.8, 4) is 10.8 Å². The van der Waals surface area contributed by atoms with Gasteiger partial charge in [-0.15, -0.1) is 10.2 Å². The number of methoxy groups -OCH3 is 1. The van der Waals surface area contributed by atoms with Crippen LogP contribution in [0.15, 0.2) is 17.2 Å². The van der Waals surface area contributed by atoms with E-state index in [0.717, 1.165) is 0 Å². The minimum Gasteiger partial charge on any atom is -0.385 e. The quantitative estimate of drug-likeness (QED) is 0.417. The molecule has 1 aliphatic rings. The third-order valence-electron chi connectivity index (χ3n) is 5.09. The lowest BCUT2D eigenvalue weighted by molar-refractivity contribution is 0.150. The van der Waals surface area contributed by atoms with Crippen molar-refractivity contribution in [3.05, 3.63) is 28.0 Å². The Morgan fingerprint density at radius 2 is 2.12 bits per heavy atom. The third kappa shape index (κ3) is 4.49. The second-order valence-corrected chi connectivity index (χ2v) is 10.6. The average Bonchev–Trinajstić information content (AvgIpc) is 3.17. The van der Waals surface area contributed by atoms with Crippen molar-refractivity contribution < 1.29 is 26.3 Å². The summed E-state index contributed by atoms with van der Waals surface area (Å²) >= 11 is 7.11. The third-order valence-corrected chi connectivity index (χ3v) is 7.85. The molecule has 3 heterocycles. The summed E-state index contributed by atoms with van der Waals surface area (Å²) in [5, 5.41) is 6.99. The van der Waals surface area contributed by atoms with Crippen LogP contribution in [0.25, 0.3) is 16.3 Å². The Bertz CT molecular complexity index is 1240. The molecule has 0 aromatic carbocycles. The molecule has 0 atom stereocenters. The molecule has 3 aromatic rings. The molecule has 3 aromatic heterocycles. The molecule has 0 unspecified atom stereocenters. The van der Waals surface area contributed by atoms with Gasteiger partial charge in [0.05, 0.1) is 21.8 Å². The van der Waals surface area contributed by atoms with E-state index in [2.05, 4.69) is 19.9 Å². The molecule has 0 spiro atoms. The zero-order chi connectivity index (χ0) is 23.1. The van der Waals surface area contributed by atoms with Crippen molar-refractivity contribution in [2.45, 2.75) is 42.5 Å². The van der Waals surface area contributed by atoms with Crippen LogP contribution in [0.3, 0.4) is 0 Å². The molecular weight excluding hydrogens is 491 g/mol. The van der Waals surface area contributed by atoms with Gasteiger partial charge in [-0.1, -0.05) is 22.9 Å². The zero-order valence-electron chi connectivity index (χ0n) is 16.8. The lowest BCUT2D eigenvalue weighted by Gasteiger charge is -2.14. The minimum atomic E-state index is -4.10. The molecule has 8 nitrogen and oxygen atoms in total. The molecule has 4 rings (SSSR count). The first-order valence-electron chi connectivity index (χ1n) is 9.61. The molecule has 1 fully saturated rings. The predicted molar refractivity (Wildman–Crippen MR) is 113 cm³/mol. The second-order valence-electron chi connectivity index (χ2n) is 7.49. The number of ether oxygens (including phenoxy) is 1. The Hall–Kier alpha value is -1.80. The van der Waals surface area contributed by atoms with Gasteiger partial charge in [0.2, 0.25) is 10.0 Å². The maximum Gasteiger partial charge on any atom is 0.291 e. The first-order chi connectivity index (χ1) is 15.2. The maximum absolute atomic E-state index is 13.3. The Morgan fingerprint density at radius 3 is 2.72 bits per heavy atom. The van der Waals surface area contributed by atoms with E-state index in [1.807, 2.05) is 0 Å². The number of nitrogens with zero attached hydrogens (tertiary/aromatic N) is 4. The number of aryl methyl sites for hydroxylation is 1. The van der Waals surface area contributed by atoms with E-state index in [1.165, 1.54) is 16.7 Å². The van der Waals surface area contributed by atoms with Crippen molar-refractivity contribution in [2.24, 2.45) is 0 Å². The first-order valence-corrected chi connectivity index (χ1v) is 12.3. The van der Waals surface area contributed by atoms with E-state index in [1.54, 1.807) is 7.11 Å². The molecule has 1 N–H and O–H groups in total. The summed E-state index contributed by atoms with van der Waals surface area (Å²) in [6.45, 7) is -0.356. The molecule has 0 amide bonds. The lowest BCUT2D eigenvalue weighted by atomic mass is 10.2. The smallest absolute Gasteiger partial charge is 0.291 e. The average molecular weight is 510 g/mol. The van der Waals surface area contributed by atoms with Crippen LogP contribution >= 0.6 is 22.9 Å². The van der Waals surface area contributed by atoms with Crippen molar-refractivity contribution in [2.75, 3.05) is 20.4 Å². The van der Waals surface area contributed by atoms with Gasteiger partial charge in [0.1, 0.15) is 11.6 Å². The highest BCUT2D eigenvalue weighted by atomic mass is 35.5. The molecule has 0 bridgehead atoms. The minimum absolute atomic E-state index is 0.0919. The Balaban J connectivity index is 1.84. The van der Waals surface area contributed by atoms with E-state index in [4.69, 9.17) is 16.3 Å². The first kappa shape index (κ1) is 23.4. The fraction of sp³-hybridized carbons (Fsp3) is 0.500.